The van der Waals surface area contributed by atoms with Crippen LogP contribution < -0.4 is 10.1 Å². The Morgan fingerprint density at radius 2 is 2.04 bits per heavy atom. The predicted molar refractivity (Wildman–Crippen MR) is 88.3 cm³/mol. The Kier molecular flexibility index (Phi) is 6.01. The lowest BCUT2D eigenvalue weighted by Gasteiger charge is -2.20. The average molecular weight is 340 g/mol. The highest BCUT2D eigenvalue weighted by molar-refractivity contribution is 7.90. The first-order valence-electron chi connectivity index (χ1n) is 7.76. The van der Waals surface area contributed by atoms with Gasteiger partial charge in [0.1, 0.15) is 5.75 Å². The third-order valence-corrected chi connectivity index (χ3v) is 5.07. The molecule has 1 aromatic carbocycles. The summed E-state index contributed by atoms with van der Waals surface area (Å²) >= 11 is 0. The van der Waals surface area contributed by atoms with Crippen LogP contribution in [0.4, 0.5) is 0 Å². The molecule has 1 aliphatic rings. The fourth-order valence-electron chi connectivity index (χ4n) is 2.56. The molecule has 0 bridgehead atoms. The number of nitrogens with zero attached hydrogens (tertiary/aromatic N) is 1. The van der Waals surface area contributed by atoms with E-state index in [1.807, 2.05) is 7.05 Å². The molecule has 1 fully saturated rings. The van der Waals surface area contributed by atoms with Crippen LogP contribution in [-0.2, 0) is 14.6 Å². The summed E-state index contributed by atoms with van der Waals surface area (Å²) in [4.78, 5) is 14.2. The van der Waals surface area contributed by atoms with Crippen molar-refractivity contribution in [2.24, 2.45) is 5.92 Å². The summed E-state index contributed by atoms with van der Waals surface area (Å²) in [5.41, 5.74) is 0. The number of sulfone groups is 1. The van der Waals surface area contributed by atoms with E-state index in [-0.39, 0.29) is 16.7 Å². The number of carbonyl (C=O) groups is 1. The number of benzene rings is 1. The van der Waals surface area contributed by atoms with Gasteiger partial charge in [0.2, 0.25) is 5.91 Å². The highest BCUT2D eigenvalue weighted by Crippen LogP contribution is 2.16. The largest absolute Gasteiger partial charge is 0.494 e. The van der Waals surface area contributed by atoms with Gasteiger partial charge < -0.3 is 15.0 Å². The van der Waals surface area contributed by atoms with E-state index in [9.17, 15) is 13.2 Å². The molecular formula is C16H24N2O4S. The zero-order chi connectivity index (χ0) is 16.9. The standard InChI is InChI=1S/C16H24N2O4S/c1-18(16(19)13-8-9-17-12-13)10-3-11-22-14-4-6-15(7-5-14)23(2,20)21/h4-7,13,17H,3,8-12H2,1-2H3. The molecular weight excluding hydrogens is 316 g/mol. The first-order valence-corrected chi connectivity index (χ1v) is 9.65. The number of hydrogen-bond donors (Lipinski definition) is 1. The fraction of sp³-hybridized carbons (Fsp3) is 0.562. The van der Waals surface area contributed by atoms with Crippen LogP contribution in [0.5, 0.6) is 5.75 Å². The van der Waals surface area contributed by atoms with Gasteiger partial charge in [-0.25, -0.2) is 8.42 Å². The summed E-state index contributed by atoms with van der Waals surface area (Å²) in [6, 6.07) is 6.37. The Morgan fingerprint density at radius 1 is 1.35 bits per heavy atom. The lowest BCUT2D eigenvalue weighted by Crippen LogP contribution is -2.35. The van der Waals surface area contributed by atoms with Gasteiger partial charge >= 0.3 is 0 Å². The van der Waals surface area contributed by atoms with Gasteiger partial charge in [-0.3, -0.25) is 4.79 Å². The summed E-state index contributed by atoms with van der Waals surface area (Å²) in [6.45, 7) is 2.82. The van der Waals surface area contributed by atoms with Crippen molar-refractivity contribution in [1.29, 1.82) is 0 Å². The second-order valence-electron chi connectivity index (χ2n) is 5.90. The molecule has 7 heteroatoms. The maximum atomic E-state index is 12.1. The van der Waals surface area contributed by atoms with Crippen LogP contribution >= 0.6 is 0 Å². The average Bonchev–Trinajstić information content (AvgIpc) is 3.04. The van der Waals surface area contributed by atoms with Gasteiger partial charge in [-0.15, -0.1) is 0 Å². The molecule has 0 spiro atoms. The third-order valence-electron chi connectivity index (χ3n) is 3.94. The van der Waals surface area contributed by atoms with E-state index >= 15 is 0 Å². The molecule has 6 nitrogen and oxygen atoms in total. The number of amides is 1. The number of carbonyl (C=O) groups excluding carboxylic acids is 1. The van der Waals surface area contributed by atoms with Crippen LogP contribution in [0.2, 0.25) is 0 Å². The van der Waals surface area contributed by atoms with Crippen LogP contribution in [-0.4, -0.2) is 58.8 Å². The summed E-state index contributed by atoms with van der Waals surface area (Å²) in [7, 11) is -1.36. The Hall–Kier alpha value is -1.60. The smallest absolute Gasteiger partial charge is 0.226 e. The molecule has 1 amide bonds. The molecule has 1 aliphatic heterocycles. The van der Waals surface area contributed by atoms with Crippen molar-refractivity contribution in [2.75, 3.05) is 39.5 Å². The topological polar surface area (TPSA) is 75.7 Å². The normalized spacial score (nSPS) is 17.9. The van der Waals surface area contributed by atoms with E-state index < -0.39 is 9.84 Å². The minimum atomic E-state index is -3.18. The summed E-state index contributed by atoms with van der Waals surface area (Å²) in [6.07, 6.45) is 2.82. The maximum Gasteiger partial charge on any atom is 0.226 e. The zero-order valence-electron chi connectivity index (χ0n) is 13.6. The van der Waals surface area contributed by atoms with Gasteiger partial charge in [-0.05, 0) is 43.7 Å². The van der Waals surface area contributed by atoms with Crippen LogP contribution in [0, 0.1) is 5.92 Å². The quantitative estimate of drug-likeness (QED) is 0.747. The monoisotopic (exact) mass is 340 g/mol. The zero-order valence-corrected chi connectivity index (χ0v) is 14.4. The molecule has 2 rings (SSSR count). The number of ether oxygens (including phenoxy) is 1. The molecule has 0 aliphatic carbocycles. The summed E-state index contributed by atoms with van der Waals surface area (Å²) < 4.78 is 28.3. The second-order valence-corrected chi connectivity index (χ2v) is 7.91. The molecule has 0 aromatic heterocycles. The van der Waals surface area contributed by atoms with Crippen molar-refractivity contribution in [3.05, 3.63) is 24.3 Å². The maximum absolute atomic E-state index is 12.1. The molecule has 0 radical (unpaired) electrons. The van der Waals surface area contributed by atoms with Crippen molar-refractivity contribution in [3.8, 4) is 5.75 Å². The molecule has 1 heterocycles. The van der Waals surface area contributed by atoms with Crippen LogP contribution in [0.1, 0.15) is 12.8 Å². The Bertz CT molecular complexity index is 622. The molecule has 1 N–H and O–H groups in total. The molecule has 1 unspecified atom stereocenters. The fourth-order valence-corrected chi connectivity index (χ4v) is 3.19. The van der Waals surface area contributed by atoms with E-state index in [0.717, 1.165) is 25.9 Å². The number of hydrogen-bond acceptors (Lipinski definition) is 5. The first-order chi connectivity index (χ1) is 10.9. The lowest BCUT2D eigenvalue weighted by atomic mass is 10.1. The SMILES string of the molecule is CN(CCCOc1ccc(S(C)(=O)=O)cc1)C(=O)C1CCNC1. The van der Waals surface area contributed by atoms with E-state index in [1.54, 1.807) is 17.0 Å². The molecule has 0 saturated carbocycles. The molecule has 1 aromatic rings. The van der Waals surface area contributed by atoms with Gasteiger partial charge in [-0.1, -0.05) is 0 Å². The van der Waals surface area contributed by atoms with E-state index in [4.69, 9.17) is 4.74 Å². The minimum Gasteiger partial charge on any atom is -0.494 e. The molecule has 1 saturated heterocycles. The predicted octanol–water partition coefficient (Wildman–Crippen LogP) is 0.927. The highest BCUT2D eigenvalue weighted by Gasteiger charge is 2.24. The number of rotatable bonds is 7. The summed E-state index contributed by atoms with van der Waals surface area (Å²) in [5.74, 6) is 0.920. The van der Waals surface area contributed by atoms with E-state index in [1.165, 1.54) is 18.4 Å². The number of nitrogens with one attached hydrogen (secondary N) is 1. The minimum absolute atomic E-state index is 0.101. The van der Waals surface area contributed by atoms with Gasteiger partial charge in [0.25, 0.3) is 0 Å². The Labute approximate surface area is 137 Å². The van der Waals surface area contributed by atoms with Crippen LogP contribution in [0.15, 0.2) is 29.2 Å². The highest BCUT2D eigenvalue weighted by atomic mass is 32.2. The first kappa shape index (κ1) is 17.7. The van der Waals surface area contributed by atoms with Crippen molar-refractivity contribution in [2.45, 2.75) is 17.7 Å². The van der Waals surface area contributed by atoms with E-state index in [2.05, 4.69) is 5.32 Å². The molecule has 1 atom stereocenters. The van der Waals surface area contributed by atoms with Gasteiger partial charge in [0.05, 0.1) is 17.4 Å². The van der Waals surface area contributed by atoms with Crippen molar-refractivity contribution in [1.82, 2.24) is 10.2 Å². The molecule has 128 valence electrons. The van der Waals surface area contributed by atoms with Crippen molar-refractivity contribution in [3.63, 3.8) is 0 Å². The summed E-state index contributed by atoms with van der Waals surface area (Å²) in [5, 5.41) is 3.20. The van der Waals surface area contributed by atoms with Crippen LogP contribution in [0.3, 0.4) is 0 Å². The Balaban J connectivity index is 1.71. The van der Waals surface area contributed by atoms with Crippen LogP contribution in [0.25, 0.3) is 0 Å². The van der Waals surface area contributed by atoms with Crippen molar-refractivity contribution < 1.29 is 17.9 Å². The third kappa shape index (κ3) is 5.21. The molecule has 23 heavy (non-hydrogen) atoms. The lowest BCUT2D eigenvalue weighted by molar-refractivity contribution is -0.133. The van der Waals surface area contributed by atoms with Gasteiger partial charge in [-0.2, -0.15) is 0 Å². The second kappa shape index (κ2) is 7.79. The van der Waals surface area contributed by atoms with E-state index in [0.29, 0.717) is 18.9 Å². The van der Waals surface area contributed by atoms with Gasteiger partial charge in [0.15, 0.2) is 9.84 Å². The Morgan fingerprint density at radius 3 is 2.61 bits per heavy atom. The van der Waals surface area contributed by atoms with Crippen molar-refractivity contribution >= 4 is 15.7 Å². The van der Waals surface area contributed by atoms with Gasteiger partial charge in [0, 0.05) is 26.4 Å².